The number of fused-ring (bicyclic) bond motifs is 1. The number of rotatable bonds is 6. The van der Waals surface area contributed by atoms with Crippen molar-refractivity contribution in [3.8, 4) is 11.5 Å². The van der Waals surface area contributed by atoms with E-state index in [4.69, 9.17) is 9.47 Å². The Bertz CT molecular complexity index is 1530. The molecule has 4 aromatic rings. The second kappa shape index (κ2) is 9.79. The largest absolute Gasteiger partial charge is 0.507 e. The maximum absolute atomic E-state index is 13.3. The van der Waals surface area contributed by atoms with Gasteiger partial charge in [-0.25, -0.2) is 4.98 Å². The van der Waals surface area contributed by atoms with Crippen molar-refractivity contribution >= 4 is 33.9 Å². The van der Waals surface area contributed by atoms with Crippen LogP contribution in [-0.2, 0) is 22.6 Å². The summed E-state index contributed by atoms with van der Waals surface area (Å²) in [7, 11) is 0. The van der Waals surface area contributed by atoms with Crippen molar-refractivity contribution in [3.05, 3.63) is 112 Å². The van der Waals surface area contributed by atoms with Gasteiger partial charge in [0.1, 0.15) is 30.0 Å². The number of aliphatic hydroxyl groups is 1. The maximum Gasteiger partial charge on any atom is 0.301 e. The van der Waals surface area contributed by atoms with Crippen LogP contribution in [0.25, 0.3) is 5.76 Å². The summed E-state index contributed by atoms with van der Waals surface area (Å²) in [5.41, 5.74) is 3.14. The molecule has 0 saturated carbocycles. The Hall–Kier alpha value is -4.43. The lowest BCUT2D eigenvalue weighted by atomic mass is 9.94. The number of hydrogen-bond acceptors (Lipinski definition) is 7. The first kappa shape index (κ1) is 23.9. The summed E-state index contributed by atoms with van der Waals surface area (Å²) in [4.78, 5) is 32.2. The second-order valence-corrected chi connectivity index (χ2v) is 10.2. The summed E-state index contributed by atoms with van der Waals surface area (Å²) in [6.45, 7) is 2.39. The summed E-state index contributed by atoms with van der Waals surface area (Å²) < 4.78 is 11.7. The lowest BCUT2D eigenvalue weighted by Gasteiger charge is -2.23. The number of Topliss-reactive ketones (excluding diaryl/α,β-unsaturated/α-hetero) is 1. The first-order valence-corrected chi connectivity index (χ1v) is 13.1. The Labute approximate surface area is 223 Å². The van der Waals surface area contributed by atoms with Crippen molar-refractivity contribution in [2.75, 3.05) is 4.90 Å². The molecular weight excluding hydrogens is 500 g/mol. The Morgan fingerprint density at radius 1 is 1.11 bits per heavy atom. The third kappa shape index (κ3) is 4.33. The SMILES string of the molecule is C[C@@H]1Cc2cc(C(O)=C3C(=O)C(=O)N(c4nccs4)[C@@H]3c3ccc(OCc4ccccc4)cc3)ccc2O1. The third-order valence-electron chi connectivity index (χ3n) is 6.68. The fraction of sp³-hybridized carbons (Fsp3) is 0.167. The molecule has 1 aromatic heterocycles. The molecule has 2 aliphatic rings. The van der Waals surface area contributed by atoms with Crippen molar-refractivity contribution in [1.82, 2.24) is 4.98 Å². The van der Waals surface area contributed by atoms with Crippen LogP contribution in [0, 0.1) is 0 Å². The molecule has 3 aromatic carbocycles. The van der Waals surface area contributed by atoms with E-state index in [0.29, 0.717) is 35.0 Å². The van der Waals surface area contributed by atoms with Gasteiger partial charge in [-0.15, -0.1) is 11.3 Å². The number of nitrogens with zero attached hydrogens (tertiary/aromatic N) is 2. The summed E-state index contributed by atoms with van der Waals surface area (Å²) in [5.74, 6) is -0.290. The number of anilines is 1. The van der Waals surface area contributed by atoms with E-state index in [-0.39, 0.29) is 17.4 Å². The molecule has 7 nitrogen and oxygen atoms in total. The van der Waals surface area contributed by atoms with Crippen LogP contribution >= 0.6 is 11.3 Å². The molecule has 0 unspecified atom stereocenters. The zero-order valence-corrected chi connectivity index (χ0v) is 21.4. The highest BCUT2D eigenvalue weighted by Gasteiger charge is 2.48. The fourth-order valence-electron chi connectivity index (χ4n) is 4.89. The van der Waals surface area contributed by atoms with E-state index in [1.165, 1.54) is 16.2 Å². The summed E-state index contributed by atoms with van der Waals surface area (Å²) in [6, 6.07) is 21.5. The summed E-state index contributed by atoms with van der Waals surface area (Å²) in [5, 5.41) is 13.5. The van der Waals surface area contributed by atoms with Gasteiger partial charge in [0.25, 0.3) is 5.78 Å². The van der Waals surface area contributed by atoms with Crippen molar-refractivity contribution in [3.63, 3.8) is 0 Å². The van der Waals surface area contributed by atoms with Crippen LogP contribution in [0.3, 0.4) is 0 Å². The highest BCUT2D eigenvalue weighted by molar-refractivity contribution is 7.14. The summed E-state index contributed by atoms with van der Waals surface area (Å²) >= 11 is 1.26. The van der Waals surface area contributed by atoms with Crippen LogP contribution in [0.1, 0.15) is 35.2 Å². The molecule has 1 saturated heterocycles. The van der Waals surface area contributed by atoms with Gasteiger partial charge in [0, 0.05) is 23.6 Å². The molecule has 2 aliphatic heterocycles. The first-order chi connectivity index (χ1) is 18.5. The number of thiazole rings is 1. The number of aliphatic hydroxyl groups excluding tert-OH is 1. The standard InChI is InChI=1S/C30H24N2O5S/c1-18-15-22-16-21(9-12-24(22)37-18)27(33)25-26(32(29(35)28(25)34)30-31-13-14-38-30)20-7-10-23(11-8-20)36-17-19-5-3-2-4-6-19/h2-14,16,18,26,33H,15,17H2,1H3/t18-,26-/m1/s1. The second-order valence-electron chi connectivity index (χ2n) is 9.28. The average Bonchev–Trinajstić information content (AvgIpc) is 3.65. The smallest absolute Gasteiger partial charge is 0.301 e. The molecule has 0 spiro atoms. The van der Waals surface area contributed by atoms with E-state index in [1.807, 2.05) is 55.5 Å². The fourth-order valence-corrected chi connectivity index (χ4v) is 5.56. The molecular formula is C30H24N2O5S. The van der Waals surface area contributed by atoms with Gasteiger partial charge in [0.2, 0.25) is 0 Å². The molecule has 0 aliphatic carbocycles. The van der Waals surface area contributed by atoms with Gasteiger partial charge in [-0.05, 0) is 53.9 Å². The van der Waals surface area contributed by atoms with Crippen LogP contribution in [0.2, 0.25) is 0 Å². The predicted molar refractivity (Wildman–Crippen MR) is 144 cm³/mol. The number of ether oxygens (including phenoxy) is 2. The average molecular weight is 525 g/mol. The van der Waals surface area contributed by atoms with Crippen LogP contribution in [-0.4, -0.2) is 27.9 Å². The highest BCUT2D eigenvalue weighted by Crippen LogP contribution is 2.43. The van der Waals surface area contributed by atoms with Crippen molar-refractivity contribution in [2.24, 2.45) is 0 Å². The monoisotopic (exact) mass is 524 g/mol. The molecule has 0 bridgehead atoms. The Balaban J connectivity index is 1.38. The molecule has 38 heavy (non-hydrogen) atoms. The normalized spacial score (nSPS) is 19.9. The Morgan fingerprint density at radius 2 is 1.89 bits per heavy atom. The molecule has 0 radical (unpaired) electrons. The van der Waals surface area contributed by atoms with E-state index in [1.54, 1.807) is 35.8 Å². The van der Waals surface area contributed by atoms with E-state index in [9.17, 15) is 14.7 Å². The van der Waals surface area contributed by atoms with Gasteiger partial charge >= 0.3 is 5.91 Å². The quantitative estimate of drug-likeness (QED) is 0.199. The van der Waals surface area contributed by atoms with Crippen molar-refractivity contribution in [2.45, 2.75) is 32.1 Å². The molecule has 6 rings (SSSR count). The lowest BCUT2D eigenvalue weighted by Crippen LogP contribution is -2.29. The third-order valence-corrected chi connectivity index (χ3v) is 7.45. The van der Waals surface area contributed by atoms with Gasteiger partial charge < -0.3 is 14.6 Å². The zero-order chi connectivity index (χ0) is 26.2. The van der Waals surface area contributed by atoms with E-state index < -0.39 is 17.7 Å². The van der Waals surface area contributed by atoms with Gasteiger partial charge in [0.15, 0.2) is 5.13 Å². The van der Waals surface area contributed by atoms with Crippen LogP contribution in [0.15, 0.2) is 89.9 Å². The summed E-state index contributed by atoms with van der Waals surface area (Å²) in [6.07, 6.45) is 2.33. The minimum absolute atomic E-state index is 0.0232. The van der Waals surface area contributed by atoms with Crippen molar-refractivity contribution in [1.29, 1.82) is 0 Å². The molecule has 1 N–H and O–H groups in total. The van der Waals surface area contributed by atoms with Crippen LogP contribution < -0.4 is 14.4 Å². The van der Waals surface area contributed by atoms with Crippen LogP contribution in [0.4, 0.5) is 5.13 Å². The minimum Gasteiger partial charge on any atom is -0.507 e. The molecule has 3 heterocycles. The molecule has 2 atom stereocenters. The number of aromatic nitrogens is 1. The number of amides is 1. The number of carbonyl (C=O) groups is 2. The zero-order valence-electron chi connectivity index (χ0n) is 20.5. The number of ketones is 1. The Kier molecular flexibility index (Phi) is 6.17. The highest BCUT2D eigenvalue weighted by atomic mass is 32.1. The molecule has 190 valence electrons. The maximum atomic E-state index is 13.3. The number of carbonyl (C=O) groups excluding carboxylic acids is 2. The topological polar surface area (TPSA) is 89.0 Å². The Morgan fingerprint density at radius 3 is 2.63 bits per heavy atom. The van der Waals surface area contributed by atoms with Crippen LogP contribution in [0.5, 0.6) is 11.5 Å². The first-order valence-electron chi connectivity index (χ1n) is 12.3. The van der Waals surface area contributed by atoms with Gasteiger partial charge in [-0.3, -0.25) is 14.5 Å². The lowest BCUT2D eigenvalue weighted by molar-refractivity contribution is -0.132. The van der Waals surface area contributed by atoms with Gasteiger partial charge in [0.05, 0.1) is 11.6 Å². The predicted octanol–water partition coefficient (Wildman–Crippen LogP) is 5.67. The van der Waals surface area contributed by atoms with E-state index in [0.717, 1.165) is 16.9 Å². The van der Waals surface area contributed by atoms with Gasteiger partial charge in [-0.2, -0.15) is 0 Å². The number of benzene rings is 3. The number of hydrogen-bond donors (Lipinski definition) is 1. The molecule has 8 heteroatoms. The van der Waals surface area contributed by atoms with Crippen molar-refractivity contribution < 1.29 is 24.2 Å². The van der Waals surface area contributed by atoms with Gasteiger partial charge in [-0.1, -0.05) is 42.5 Å². The molecule has 1 fully saturated rings. The minimum atomic E-state index is -0.840. The molecule has 1 amide bonds. The van der Waals surface area contributed by atoms with E-state index in [2.05, 4.69) is 4.98 Å². The van der Waals surface area contributed by atoms with E-state index >= 15 is 0 Å².